The third-order valence-electron chi connectivity index (χ3n) is 3.28. The summed E-state index contributed by atoms with van der Waals surface area (Å²) < 4.78 is 5.44. The summed E-state index contributed by atoms with van der Waals surface area (Å²) in [6, 6.07) is 5.88. The Hall–Kier alpha value is -2.28. The predicted molar refractivity (Wildman–Crippen MR) is 89.1 cm³/mol. The number of ether oxygens (including phenoxy) is 1. The van der Waals surface area contributed by atoms with Gasteiger partial charge in [-0.15, -0.1) is 0 Å². The van der Waals surface area contributed by atoms with Crippen molar-refractivity contribution >= 4 is 29.4 Å². The number of carboxylic acid groups (broad SMARTS) is 1. The number of carboxylic acids is 1. The summed E-state index contributed by atoms with van der Waals surface area (Å²) in [5, 5.41) is 12.1. The van der Waals surface area contributed by atoms with E-state index in [-0.39, 0.29) is 37.9 Å². The van der Waals surface area contributed by atoms with Gasteiger partial charge in [0.25, 0.3) is 0 Å². The number of hydrogen-bond donors (Lipinski definition) is 2. The summed E-state index contributed by atoms with van der Waals surface area (Å²) >= 11 is 5.95. The standard InChI is InChI=1S/C16H21ClN2O5/c1-11(16(22)23)19(9-8-18-12(2)20)15(21)7-10-24-14-6-4-3-5-13(14)17/h3-6,11H,7-10H2,1-2H3,(H,18,20)(H,22,23). The lowest BCUT2D eigenvalue weighted by Crippen LogP contribution is -2.47. The Morgan fingerprint density at radius 3 is 2.58 bits per heavy atom. The van der Waals surface area contributed by atoms with E-state index >= 15 is 0 Å². The van der Waals surface area contributed by atoms with Gasteiger partial charge >= 0.3 is 5.97 Å². The van der Waals surface area contributed by atoms with E-state index in [1.165, 1.54) is 18.7 Å². The zero-order chi connectivity index (χ0) is 18.1. The van der Waals surface area contributed by atoms with E-state index in [1.807, 2.05) is 0 Å². The molecule has 0 bridgehead atoms. The first-order chi connectivity index (χ1) is 11.3. The third kappa shape index (κ3) is 6.45. The van der Waals surface area contributed by atoms with E-state index < -0.39 is 12.0 Å². The summed E-state index contributed by atoms with van der Waals surface area (Å²) in [5.41, 5.74) is 0. The van der Waals surface area contributed by atoms with Crippen LogP contribution in [-0.4, -0.2) is 53.5 Å². The van der Waals surface area contributed by atoms with Gasteiger partial charge in [-0.05, 0) is 19.1 Å². The van der Waals surface area contributed by atoms with Gasteiger partial charge in [0.1, 0.15) is 11.8 Å². The molecule has 1 unspecified atom stereocenters. The van der Waals surface area contributed by atoms with Crippen LogP contribution in [0.25, 0.3) is 0 Å². The molecule has 0 radical (unpaired) electrons. The molecular weight excluding hydrogens is 336 g/mol. The Bertz CT molecular complexity index is 594. The molecule has 0 heterocycles. The smallest absolute Gasteiger partial charge is 0.326 e. The quantitative estimate of drug-likeness (QED) is 0.699. The minimum absolute atomic E-state index is 0.00289. The molecule has 1 atom stereocenters. The first-order valence-electron chi connectivity index (χ1n) is 7.47. The molecule has 132 valence electrons. The van der Waals surface area contributed by atoms with Crippen molar-refractivity contribution in [1.82, 2.24) is 10.2 Å². The molecule has 24 heavy (non-hydrogen) atoms. The van der Waals surface area contributed by atoms with E-state index in [0.29, 0.717) is 10.8 Å². The van der Waals surface area contributed by atoms with Gasteiger partial charge in [-0.25, -0.2) is 4.79 Å². The highest BCUT2D eigenvalue weighted by molar-refractivity contribution is 6.32. The molecule has 0 aliphatic carbocycles. The zero-order valence-electron chi connectivity index (χ0n) is 13.6. The van der Waals surface area contributed by atoms with Crippen LogP contribution in [0.2, 0.25) is 5.02 Å². The lowest BCUT2D eigenvalue weighted by Gasteiger charge is -2.26. The van der Waals surface area contributed by atoms with E-state index in [1.54, 1.807) is 24.3 Å². The van der Waals surface area contributed by atoms with Crippen molar-refractivity contribution in [3.63, 3.8) is 0 Å². The van der Waals surface area contributed by atoms with Gasteiger partial charge in [0.15, 0.2) is 0 Å². The van der Waals surface area contributed by atoms with Gasteiger partial charge in [0.05, 0.1) is 18.1 Å². The van der Waals surface area contributed by atoms with E-state index in [9.17, 15) is 14.4 Å². The van der Waals surface area contributed by atoms with Gasteiger partial charge in [0, 0.05) is 20.0 Å². The number of para-hydroxylation sites is 1. The maximum Gasteiger partial charge on any atom is 0.326 e. The monoisotopic (exact) mass is 356 g/mol. The molecule has 1 aromatic carbocycles. The SMILES string of the molecule is CC(=O)NCCN(C(=O)CCOc1ccccc1Cl)C(C)C(=O)O. The average molecular weight is 357 g/mol. The van der Waals surface area contributed by atoms with Crippen molar-refractivity contribution in [2.75, 3.05) is 19.7 Å². The molecule has 0 aliphatic heterocycles. The fourth-order valence-corrected chi connectivity index (χ4v) is 2.16. The van der Waals surface area contributed by atoms with Gasteiger partial charge in [0.2, 0.25) is 11.8 Å². The molecule has 0 aliphatic rings. The Labute approximate surface area is 145 Å². The number of nitrogens with one attached hydrogen (secondary N) is 1. The lowest BCUT2D eigenvalue weighted by atomic mass is 10.2. The van der Waals surface area contributed by atoms with Crippen molar-refractivity contribution < 1.29 is 24.2 Å². The van der Waals surface area contributed by atoms with Crippen LogP contribution in [0, 0.1) is 0 Å². The summed E-state index contributed by atoms with van der Waals surface area (Å²) in [7, 11) is 0. The average Bonchev–Trinajstić information content (AvgIpc) is 2.52. The fourth-order valence-electron chi connectivity index (χ4n) is 1.97. The second-order valence-electron chi connectivity index (χ2n) is 5.11. The van der Waals surface area contributed by atoms with Gasteiger partial charge < -0.3 is 20.1 Å². The lowest BCUT2D eigenvalue weighted by molar-refractivity contribution is -0.149. The molecule has 8 heteroatoms. The minimum Gasteiger partial charge on any atom is -0.491 e. The number of hydrogen-bond acceptors (Lipinski definition) is 4. The number of aliphatic carboxylic acids is 1. The largest absolute Gasteiger partial charge is 0.491 e. The summed E-state index contributed by atoms with van der Waals surface area (Å²) in [5.74, 6) is -1.27. The molecule has 0 spiro atoms. The molecule has 7 nitrogen and oxygen atoms in total. The summed E-state index contributed by atoms with van der Waals surface area (Å²) in [6.45, 7) is 3.14. The highest BCUT2D eigenvalue weighted by Crippen LogP contribution is 2.23. The van der Waals surface area contributed by atoms with Crippen LogP contribution in [0.1, 0.15) is 20.3 Å². The van der Waals surface area contributed by atoms with E-state index in [2.05, 4.69) is 5.32 Å². The molecule has 2 N–H and O–H groups in total. The van der Waals surface area contributed by atoms with Crippen LogP contribution in [0.4, 0.5) is 0 Å². The van der Waals surface area contributed by atoms with Crippen molar-refractivity contribution in [1.29, 1.82) is 0 Å². The number of halogens is 1. The Morgan fingerprint density at radius 1 is 1.33 bits per heavy atom. The van der Waals surface area contributed by atoms with Crippen LogP contribution in [0.3, 0.4) is 0 Å². The summed E-state index contributed by atoms with van der Waals surface area (Å²) in [4.78, 5) is 35.5. The molecule has 1 aromatic rings. The molecule has 2 amide bonds. The highest BCUT2D eigenvalue weighted by Gasteiger charge is 2.25. The normalized spacial score (nSPS) is 11.5. The van der Waals surface area contributed by atoms with Crippen LogP contribution < -0.4 is 10.1 Å². The van der Waals surface area contributed by atoms with E-state index in [0.717, 1.165) is 0 Å². The van der Waals surface area contributed by atoms with Gasteiger partial charge in [-0.3, -0.25) is 9.59 Å². The molecule has 0 fully saturated rings. The predicted octanol–water partition coefficient (Wildman–Crippen LogP) is 1.55. The van der Waals surface area contributed by atoms with Crippen LogP contribution in [-0.2, 0) is 14.4 Å². The van der Waals surface area contributed by atoms with Crippen molar-refractivity contribution in [2.24, 2.45) is 0 Å². The number of nitrogens with zero attached hydrogens (tertiary/aromatic N) is 1. The number of benzene rings is 1. The first-order valence-corrected chi connectivity index (χ1v) is 7.84. The summed E-state index contributed by atoms with van der Waals surface area (Å²) in [6.07, 6.45) is 0.00289. The molecule has 0 aromatic heterocycles. The Morgan fingerprint density at radius 2 is 2.00 bits per heavy atom. The second-order valence-corrected chi connectivity index (χ2v) is 5.52. The van der Waals surface area contributed by atoms with Crippen LogP contribution >= 0.6 is 11.6 Å². The number of carbonyl (C=O) groups is 3. The second kappa shape index (κ2) is 9.77. The number of amides is 2. The van der Waals surface area contributed by atoms with Crippen molar-refractivity contribution in [3.05, 3.63) is 29.3 Å². The van der Waals surface area contributed by atoms with Gasteiger partial charge in [-0.1, -0.05) is 23.7 Å². The first kappa shape index (κ1) is 19.8. The van der Waals surface area contributed by atoms with Crippen molar-refractivity contribution in [2.45, 2.75) is 26.3 Å². The molecule has 1 rings (SSSR count). The number of carbonyl (C=O) groups excluding carboxylic acids is 2. The highest BCUT2D eigenvalue weighted by atomic mass is 35.5. The minimum atomic E-state index is -1.11. The molecular formula is C16H21ClN2O5. The maximum atomic E-state index is 12.3. The zero-order valence-corrected chi connectivity index (χ0v) is 14.4. The molecule has 0 saturated carbocycles. The Balaban J connectivity index is 2.58. The fraction of sp³-hybridized carbons (Fsp3) is 0.438. The molecule has 0 saturated heterocycles. The van der Waals surface area contributed by atoms with Crippen LogP contribution in [0.5, 0.6) is 5.75 Å². The number of rotatable bonds is 9. The van der Waals surface area contributed by atoms with Gasteiger partial charge in [-0.2, -0.15) is 0 Å². The maximum absolute atomic E-state index is 12.3. The van der Waals surface area contributed by atoms with Crippen LogP contribution in [0.15, 0.2) is 24.3 Å². The topological polar surface area (TPSA) is 95.9 Å². The third-order valence-corrected chi connectivity index (χ3v) is 3.59. The Kier molecular flexibility index (Phi) is 8.05. The van der Waals surface area contributed by atoms with E-state index in [4.69, 9.17) is 21.4 Å². The van der Waals surface area contributed by atoms with Crippen molar-refractivity contribution in [3.8, 4) is 5.75 Å².